The summed E-state index contributed by atoms with van der Waals surface area (Å²) in [5.41, 5.74) is 6.86. The molecule has 1 aromatic carbocycles. The Morgan fingerprint density at radius 1 is 1.31 bits per heavy atom. The van der Waals surface area contributed by atoms with Crippen LogP contribution in [0.5, 0.6) is 0 Å². The van der Waals surface area contributed by atoms with Crippen LogP contribution in [-0.2, 0) is 14.8 Å². The highest BCUT2D eigenvalue weighted by Crippen LogP contribution is 2.23. The van der Waals surface area contributed by atoms with Gasteiger partial charge < -0.3 is 16.0 Å². The van der Waals surface area contributed by atoms with E-state index in [0.29, 0.717) is 50.1 Å². The van der Waals surface area contributed by atoms with Crippen molar-refractivity contribution in [2.45, 2.75) is 31.6 Å². The first-order valence-electron chi connectivity index (χ1n) is 8.56. The molecule has 1 heterocycles. The van der Waals surface area contributed by atoms with Crippen molar-refractivity contribution in [2.24, 2.45) is 16.8 Å². The van der Waals surface area contributed by atoms with Gasteiger partial charge in [-0.1, -0.05) is 0 Å². The molecule has 1 atom stereocenters. The predicted octanol–water partition coefficient (Wildman–Crippen LogP) is -0.122. The van der Waals surface area contributed by atoms with E-state index in [-0.39, 0.29) is 28.2 Å². The number of hydrogen-bond donors (Lipinski definition) is 3. The minimum atomic E-state index is -3.92. The Morgan fingerprint density at radius 2 is 2.00 bits per heavy atom. The SMILES string of the molecule is Cc1cc(C(=O)N2CCCC(C(=O)NCCN)C2)cc(S(N)(=O)=O)c1C. The standard InChI is InChI=1S/C17H26N4O4S/c1-11-8-14(9-15(12(11)2)26(19,24)25)17(23)21-7-3-4-13(10-21)16(22)20-6-5-18/h8-9,13H,3-7,10,18H2,1-2H3,(H,20,22)(H2,19,24,25). The van der Waals surface area contributed by atoms with E-state index in [1.54, 1.807) is 24.8 Å². The Labute approximate surface area is 154 Å². The second kappa shape index (κ2) is 8.15. The molecule has 0 saturated carbocycles. The molecule has 144 valence electrons. The van der Waals surface area contributed by atoms with Gasteiger partial charge in [0.1, 0.15) is 0 Å². The molecular weight excluding hydrogens is 356 g/mol. The van der Waals surface area contributed by atoms with Crippen LogP contribution in [-0.4, -0.2) is 51.3 Å². The number of carbonyl (C=O) groups excluding carboxylic acids is 2. The van der Waals surface area contributed by atoms with Crippen LogP contribution in [0.2, 0.25) is 0 Å². The number of nitrogens with one attached hydrogen (secondary N) is 1. The van der Waals surface area contributed by atoms with Crippen molar-refractivity contribution in [3.63, 3.8) is 0 Å². The zero-order chi connectivity index (χ0) is 19.5. The molecule has 1 aromatic rings. The van der Waals surface area contributed by atoms with Crippen molar-refractivity contribution in [2.75, 3.05) is 26.2 Å². The monoisotopic (exact) mass is 382 g/mol. The molecule has 9 heteroatoms. The highest BCUT2D eigenvalue weighted by Gasteiger charge is 2.29. The third-order valence-electron chi connectivity index (χ3n) is 4.70. The number of nitrogens with two attached hydrogens (primary N) is 2. The molecule has 2 rings (SSSR count). The van der Waals surface area contributed by atoms with Crippen LogP contribution in [0.3, 0.4) is 0 Å². The van der Waals surface area contributed by atoms with Crippen molar-refractivity contribution in [1.29, 1.82) is 0 Å². The lowest BCUT2D eigenvalue weighted by Crippen LogP contribution is -2.46. The number of benzene rings is 1. The number of amides is 2. The van der Waals surface area contributed by atoms with E-state index in [1.807, 2.05) is 0 Å². The van der Waals surface area contributed by atoms with Gasteiger partial charge in [-0.2, -0.15) is 0 Å². The number of piperidine rings is 1. The average Bonchev–Trinajstić information content (AvgIpc) is 2.60. The van der Waals surface area contributed by atoms with Gasteiger partial charge in [0.05, 0.1) is 10.8 Å². The molecule has 0 spiro atoms. The molecule has 26 heavy (non-hydrogen) atoms. The maximum atomic E-state index is 12.9. The number of aryl methyl sites for hydroxylation is 1. The summed E-state index contributed by atoms with van der Waals surface area (Å²) in [5.74, 6) is -0.698. The highest BCUT2D eigenvalue weighted by molar-refractivity contribution is 7.89. The van der Waals surface area contributed by atoms with E-state index in [1.165, 1.54) is 6.07 Å². The second-order valence-electron chi connectivity index (χ2n) is 6.63. The minimum Gasteiger partial charge on any atom is -0.355 e. The third kappa shape index (κ3) is 4.60. The fourth-order valence-corrected chi connectivity index (χ4v) is 4.02. The second-order valence-corrected chi connectivity index (χ2v) is 8.16. The van der Waals surface area contributed by atoms with E-state index in [0.717, 1.165) is 0 Å². The summed E-state index contributed by atoms with van der Waals surface area (Å²) in [6.45, 7) is 4.98. The summed E-state index contributed by atoms with van der Waals surface area (Å²) < 4.78 is 23.6. The summed E-state index contributed by atoms with van der Waals surface area (Å²) in [5, 5.41) is 8.02. The van der Waals surface area contributed by atoms with Gasteiger partial charge in [0.25, 0.3) is 5.91 Å². The van der Waals surface area contributed by atoms with Gasteiger partial charge in [0.2, 0.25) is 15.9 Å². The van der Waals surface area contributed by atoms with Gasteiger partial charge in [-0.3, -0.25) is 9.59 Å². The maximum Gasteiger partial charge on any atom is 0.253 e. The van der Waals surface area contributed by atoms with Crippen LogP contribution < -0.4 is 16.2 Å². The maximum absolute atomic E-state index is 12.9. The third-order valence-corrected chi connectivity index (χ3v) is 5.73. The Bertz CT molecular complexity index is 807. The zero-order valence-corrected chi connectivity index (χ0v) is 15.9. The Hall–Kier alpha value is -1.97. The van der Waals surface area contributed by atoms with Crippen LogP contribution in [0, 0.1) is 19.8 Å². The van der Waals surface area contributed by atoms with E-state index in [4.69, 9.17) is 10.9 Å². The molecule has 8 nitrogen and oxygen atoms in total. The number of sulfonamides is 1. The van der Waals surface area contributed by atoms with Gasteiger partial charge in [-0.15, -0.1) is 0 Å². The number of primary sulfonamides is 1. The molecule has 5 N–H and O–H groups in total. The number of rotatable bonds is 5. The molecule has 0 aliphatic carbocycles. The summed E-state index contributed by atoms with van der Waals surface area (Å²) in [4.78, 5) is 26.6. The lowest BCUT2D eigenvalue weighted by molar-refractivity contribution is -0.126. The van der Waals surface area contributed by atoms with Crippen molar-refractivity contribution in [3.05, 3.63) is 28.8 Å². The van der Waals surface area contributed by atoms with Gasteiger partial charge in [-0.05, 0) is 49.9 Å². The van der Waals surface area contributed by atoms with E-state index in [9.17, 15) is 18.0 Å². The molecule has 1 fully saturated rings. The molecular formula is C17H26N4O4S. The van der Waals surface area contributed by atoms with E-state index >= 15 is 0 Å². The first-order valence-corrected chi connectivity index (χ1v) is 10.1. The summed E-state index contributed by atoms with van der Waals surface area (Å²) >= 11 is 0. The van der Waals surface area contributed by atoms with E-state index in [2.05, 4.69) is 5.32 Å². The van der Waals surface area contributed by atoms with Crippen molar-refractivity contribution < 1.29 is 18.0 Å². The summed E-state index contributed by atoms with van der Waals surface area (Å²) in [7, 11) is -3.92. The normalized spacial score (nSPS) is 17.8. The van der Waals surface area contributed by atoms with Crippen molar-refractivity contribution >= 4 is 21.8 Å². The summed E-state index contributed by atoms with van der Waals surface area (Å²) in [6, 6.07) is 2.97. The largest absolute Gasteiger partial charge is 0.355 e. The molecule has 0 aromatic heterocycles. The van der Waals surface area contributed by atoms with E-state index < -0.39 is 10.0 Å². The Morgan fingerprint density at radius 3 is 2.62 bits per heavy atom. The topological polar surface area (TPSA) is 136 Å². The number of carbonyl (C=O) groups is 2. The fourth-order valence-electron chi connectivity index (χ4n) is 3.14. The molecule has 1 aliphatic heterocycles. The van der Waals surface area contributed by atoms with Gasteiger partial charge >= 0.3 is 0 Å². The number of hydrogen-bond acceptors (Lipinski definition) is 5. The molecule has 1 saturated heterocycles. The van der Waals surface area contributed by atoms with Crippen LogP contribution in [0.1, 0.15) is 34.3 Å². The van der Waals surface area contributed by atoms with Gasteiger partial charge in [-0.25, -0.2) is 13.6 Å². The van der Waals surface area contributed by atoms with Gasteiger partial charge in [0.15, 0.2) is 0 Å². The van der Waals surface area contributed by atoms with Crippen LogP contribution in [0.15, 0.2) is 17.0 Å². The average molecular weight is 382 g/mol. The molecule has 1 aliphatic rings. The highest BCUT2D eigenvalue weighted by atomic mass is 32.2. The first kappa shape index (κ1) is 20.3. The van der Waals surface area contributed by atoms with Crippen LogP contribution in [0.4, 0.5) is 0 Å². The van der Waals surface area contributed by atoms with Crippen molar-refractivity contribution in [1.82, 2.24) is 10.2 Å². The lowest BCUT2D eigenvalue weighted by atomic mass is 9.96. The molecule has 1 unspecified atom stereocenters. The van der Waals surface area contributed by atoms with Crippen LogP contribution in [0.25, 0.3) is 0 Å². The number of nitrogens with zero attached hydrogens (tertiary/aromatic N) is 1. The molecule has 2 amide bonds. The van der Waals surface area contributed by atoms with Gasteiger partial charge in [0, 0.05) is 31.7 Å². The Balaban J connectivity index is 2.23. The Kier molecular flexibility index (Phi) is 6.38. The number of likely N-dealkylation sites (tertiary alicyclic amines) is 1. The smallest absolute Gasteiger partial charge is 0.253 e. The molecule has 0 radical (unpaired) electrons. The lowest BCUT2D eigenvalue weighted by Gasteiger charge is -2.32. The predicted molar refractivity (Wildman–Crippen MR) is 98.0 cm³/mol. The zero-order valence-electron chi connectivity index (χ0n) is 15.1. The molecule has 0 bridgehead atoms. The van der Waals surface area contributed by atoms with Crippen LogP contribution >= 0.6 is 0 Å². The first-order chi connectivity index (χ1) is 12.1. The quantitative estimate of drug-likeness (QED) is 0.652. The summed E-state index contributed by atoms with van der Waals surface area (Å²) in [6.07, 6.45) is 1.41. The fraction of sp³-hybridized carbons (Fsp3) is 0.529. The van der Waals surface area contributed by atoms with Crippen molar-refractivity contribution in [3.8, 4) is 0 Å². The minimum absolute atomic E-state index is 0.0462.